The number of nitrogens with zero attached hydrogens (tertiary/aromatic N) is 1. The molecule has 0 saturated carbocycles. The van der Waals surface area contributed by atoms with E-state index in [0.717, 1.165) is 11.3 Å². The second-order valence-corrected chi connectivity index (χ2v) is 6.06. The van der Waals surface area contributed by atoms with Crippen LogP contribution in [0.5, 0.6) is 5.75 Å². The van der Waals surface area contributed by atoms with Crippen LogP contribution in [0.1, 0.15) is 26.3 Å². The molecule has 0 N–H and O–H groups in total. The number of benzene rings is 1. The summed E-state index contributed by atoms with van der Waals surface area (Å²) in [5.41, 5.74) is 0.971. The van der Waals surface area contributed by atoms with E-state index in [1.807, 2.05) is 24.3 Å². The Labute approximate surface area is 137 Å². The summed E-state index contributed by atoms with van der Waals surface area (Å²) < 4.78 is 16.7. The molecule has 5 heteroatoms. The van der Waals surface area contributed by atoms with Gasteiger partial charge in [-0.3, -0.25) is 4.79 Å². The van der Waals surface area contributed by atoms with E-state index in [4.69, 9.17) is 14.2 Å². The van der Waals surface area contributed by atoms with E-state index in [2.05, 4.69) is 13.8 Å². The molecule has 1 aromatic carbocycles. The number of carbonyl (C=O) groups excluding carboxylic acids is 1. The number of carbonyl (C=O) groups is 1. The second kappa shape index (κ2) is 7.90. The van der Waals surface area contributed by atoms with Crippen LogP contribution in [0, 0.1) is 5.92 Å². The van der Waals surface area contributed by atoms with Gasteiger partial charge in [-0.2, -0.15) is 0 Å². The molecular formula is C18H25NO4. The molecule has 0 bridgehead atoms. The lowest BCUT2D eigenvalue weighted by atomic mass is 10.1. The number of rotatable bonds is 6. The third-order valence-electron chi connectivity index (χ3n) is 3.46. The lowest BCUT2D eigenvalue weighted by Gasteiger charge is -2.24. The third-order valence-corrected chi connectivity index (χ3v) is 3.46. The fourth-order valence-corrected chi connectivity index (χ4v) is 2.25. The molecule has 1 aromatic rings. The molecule has 0 atom stereocenters. The lowest BCUT2D eigenvalue weighted by Crippen LogP contribution is -2.31. The molecule has 0 fully saturated rings. The Hall–Kier alpha value is -2.17. The van der Waals surface area contributed by atoms with Crippen LogP contribution in [-0.2, 0) is 20.8 Å². The average Bonchev–Trinajstić information content (AvgIpc) is 2.53. The molecule has 23 heavy (non-hydrogen) atoms. The predicted octanol–water partition coefficient (Wildman–Crippen LogP) is 2.96. The van der Waals surface area contributed by atoms with Crippen molar-refractivity contribution in [3.05, 3.63) is 41.3 Å². The topological polar surface area (TPSA) is 48.0 Å². The minimum Gasteiger partial charge on any atom is -0.493 e. The highest BCUT2D eigenvalue weighted by molar-refractivity contribution is 5.91. The van der Waals surface area contributed by atoms with Crippen molar-refractivity contribution in [1.29, 1.82) is 0 Å². The van der Waals surface area contributed by atoms with Gasteiger partial charge in [-0.25, -0.2) is 0 Å². The summed E-state index contributed by atoms with van der Waals surface area (Å²) >= 11 is 0. The van der Waals surface area contributed by atoms with Crippen molar-refractivity contribution in [2.75, 3.05) is 26.9 Å². The number of amides is 1. The second-order valence-electron chi connectivity index (χ2n) is 6.06. The smallest absolute Gasteiger partial charge is 0.292 e. The monoisotopic (exact) mass is 319 g/mol. The van der Waals surface area contributed by atoms with E-state index in [1.54, 1.807) is 18.9 Å². The molecule has 0 radical (unpaired) electrons. The molecular weight excluding hydrogens is 294 g/mol. The highest BCUT2D eigenvalue weighted by Gasteiger charge is 2.23. The first kappa shape index (κ1) is 17.2. The van der Waals surface area contributed by atoms with Crippen LogP contribution in [0.25, 0.3) is 0 Å². The van der Waals surface area contributed by atoms with Crippen molar-refractivity contribution in [1.82, 2.24) is 4.90 Å². The molecule has 0 spiro atoms. The van der Waals surface area contributed by atoms with Crippen LogP contribution >= 0.6 is 0 Å². The van der Waals surface area contributed by atoms with Gasteiger partial charge in [0.25, 0.3) is 5.91 Å². The van der Waals surface area contributed by atoms with Gasteiger partial charge in [0.1, 0.15) is 24.7 Å². The summed E-state index contributed by atoms with van der Waals surface area (Å²) in [5.74, 6) is 1.91. The zero-order valence-electron chi connectivity index (χ0n) is 14.3. The highest BCUT2D eigenvalue weighted by Crippen LogP contribution is 2.22. The number of ether oxygens (including phenoxy) is 3. The summed E-state index contributed by atoms with van der Waals surface area (Å²) in [6.45, 7) is 7.95. The van der Waals surface area contributed by atoms with Crippen LogP contribution < -0.4 is 4.74 Å². The van der Waals surface area contributed by atoms with E-state index in [9.17, 15) is 4.79 Å². The largest absolute Gasteiger partial charge is 0.493 e. The molecule has 1 heterocycles. The van der Waals surface area contributed by atoms with Gasteiger partial charge in [0.05, 0.1) is 6.61 Å². The molecule has 0 saturated heterocycles. The molecule has 1 aliphatic rings. The molecule has 5 nitrogen and oxygen atoms in total. The number of hydrogen-bond acceptors (Lipinski definition) is 4. The van der Waals surface area contributed by atoms with Gasteiger partial charge in [0.15, 0.2) is 0 Å². The average molecular weight is 319 g/mol. The first-order valence-electron chi connectivity index (χ1n) is 7.91. The van der Waals surface area contributed by atoms with Gasteiger partial charge in [-0.1, -0.05) is 32.0 Å². The van der Waals surface area contributed by atoms with Crippen molar-refractivity contribution in [3.8, 4) is 5.75 Å². The van der Waals surface area contributed by atoms with Crippen LogP contribution in [-0.4, -0.2) is 37.7 Å². The molecule has 2 rings (SSSR count). The normalized spacial score (nSPS) is 14.3. The summed E-state index contributed by atoms with van der Waals surface area (Å²) in [6.07, 6.45) is 0. The Kier molecular flexibility index (Phi) is 5.90. The van der Waals surface area contributed by atoms with E-state index < -0.39 is 0 Å². The minimum atomic E-state index is -0.180. The summed E-state index contributed by atoms with van der Waals surface area (Å²) in [4.78, 5) is 14.1. The lowest BCUT2D eigenvalue weighted by molar-refractivity contribution is -0.132. The maximum atomic E-state index is 12.5. The summed E-state index contributed by atoms with van der Waals surface area (Å²) in [6, 6.07) is 7.78. The molecule has 1 amide bonds. The Balaban J connectivity index is 2.08. The quantitative estimate of drug-likeness (QED) is 0.809. The van der Waals surface area contributed by atoms with Gasteiger partial charge in [0.2, 0.25) is 5.76 Å². The first-order chi connectivity index (χ1) is 11.0. The van der Waals surface area contributed by atoms with Crippen LogP contribution in [0.2, 0.25) is 0 Å². The zero-order valence-corrected chi connectivity index (χ0v) is 14.3. The molecule has 0 unspecified atom stereocenters. The van der Waals surface area contributed by atoms with Crippen LogP contribution in [0.4, 0.5) is 0 Å². The number of hydrogen-bond donors (Lipinski definition) is 0. The summed E-state index contributed by atoms with van der Waals surface area (Å²) in [7, 11) is 1.75. The Bertz CT molecular complexity index is 580. The van der Waals surface area contributed by atoms with Gasteiger partial charge in [0, 0.05) is 19.2 Å². The zero-order chi connectivity index (χ0) is 16.8. The standard InChI is InChI=1S/C18H25NO4/c1-13(2)12-23-16-8-6-5-7-15(16)11-19(4)18(20)17-14(3)21-9-10-22-17/h5-8,13H,9-12H2,1-4H3. The Morgan fingerprint density at radius 1 is 1.26 bits per heavy atom. The van der Waals surface area contributed by atoms with E-state index >= 15 is 0 Å². The number of para-hydroxylation sites is 1. The SMILES string of the molecule is CC1=C(C(=O)N(C)Cc2ccccc2OCC(C)C)OCCO1. The minimum absolute atomic E-state index is 0.180. The fraction of sp³-hybridized carbons (Fsp3) is 0.500. The highest BCUT2D eigenvalue weighted by atomic mass is 16.6. The van der Waals surface area contributed by atoms with Crippen molar-refractivity contribution in [2.45, 2.75) is 27.3 Å². The molecule has 0 aliphatic carbocycles. The molecule has 0 aromatic heterocycles. The number of allylic oxidation sites excluding steroid dienone is 1. The van der Waals surface area contributed by atoms with Gasteiger partial charge < -0.3 is 19.1 Å². The maximum Gasteiger partial charge on any atom is 0.292 e. The number of likely N-dealkylation sites (N-methyl/N-ethyl adjacent to an activating group) is 1. The first-order valence-corrected chi connectivity index (χ1v) is 7.91. The Morgan fingerprint density at radius 3 is 2.65 bits per heavy atom. The van der Waals surface area contributed by atoms with E-state index in [1.165, 1.54) is 0 Å². The summed E-state index contributed by atoms with van der Waals surface area (Å²) in [5, 5.41) is 0. The van der Waals surface area contributed by atoms with Crippen LogP contribution in [0.3, 0.4) is 0 Å². The van der Waals surface area contributed by atoms with Crippen molar-refractivity contribution >= 4 is 5.91 Å². The van der Waals surface area contributed by atoms with Gasteiger partial charge in [-0.05, 0) is 18.9 Å². The van der Waals surface area contributed by atoms with Crippen LogP contribution in [0.15, 0.2) is 35.8 Å². The third kappa shape index (κ3) is 4.65. The molecule has 126 valence electrons. The van der Waals surface area contributed by atoms with Crippen molar-refractivity contribution < 1.29 is 19.0 Å². The maximum absolute atomic E-state index is 12.5. The van der Waals surface area contributed by atoms with E-state index in [0.29, 0.717) is 43.8 Å². The van der Waals surface area contributed by atoms with Crippen molar-refractivity contribution in [3.63, 3.8) is 0 Å². The fourth-order valence-electron chi connectivity index (χ4n) is 2.25. The van der Waals surface area contributed by atoms with E-state index in [-0.39, 0.29) is 5.91 Å². The predicted molar refractivity (Wildman–Crippen MR) is 87.9 cm³/mol. The molecule has 1 aliphatic heterocycles. The van der Waals surface area contributed by atoms with Crippen molar-refractivity contribution in [2.24, 2.45) is 5.92 Å². The van der Waals surface area contributed by atoms with Gasteiger partial charge >= 0.3 is 0 Å². The van der Waals surface area contributed by atoms with Gasteiger partial charge in [-0.15, -0.1) is 0 Å². The Morgan fingerprint density at radius 2 is 1.96 bits per heavy atom.